The summed E-state index contributed by atoms with van der Waals surface area (Å²) in [7, 11) is 0. The first-order valence-electron chi connectivity index (χ1n) is 10.3. The molecule has 30 heavy (non-hydrogen) atoms. The van der Waals surface area contributed by atoms with Crippen molar-refractivity contribution in [2.45, 2.75) is 25.7 Å². The molecule has 0 N–H and O–H groups in total. The van der Waals surface area contributed by atoms with E-state index in [4.69, 9.17) is 0 Å². The predicted molar refractivity (Wildman–Crippen MR) is 118 cm³/mol. The van der Waals surface area contributed by atoms with Crippen LogP contribution in [0.1, 0.15) is 48.5 Å². The molecule has 0 unspecified atom stereocenters. The summed E-state index contributed by atoms with van der Waals surface area (Å²) in [6.07, 6.45) is 12.1. The van der Waals surface area contributed by atoms with E-state index in [2.05, 4.69) is 47.4 Å². The van der Waals surface area contributed by atoms with E-state index in [-0.39, 0.29) is 11.6 Å². The van der Waals surface area contributed by atoms with Crippen molar-refractivity contribution in [2.24, 2.45) is 0 Å². The molecule has 2 aromatic carbocycles. The fourth-order valence-electron chi connectivity index (χ4n) is 4.16. The monoisotopic (exact) mass is 391 g/mol. The molecule has 5 aliphatic carbocycles. The normalized spacial score (nSPS) is 15.7. The molecule has 3 heteroatoms. The smallest absolute Gasteiger partial charge is 0.195 e. The minimum atomic E-state index is -0.152. The van der Waals surface area contributed by atoms with Gasteiger partial charge in [-0.3, -0.25) is 14.6 Å². The van der Waals surface area contributed by atoms with E-state index < -0.39 is 0 Å². The maximum atomic E-state index is 12.8. The maximum absolute atomic E-state index is 12.8. The first-order valence-corrected chi connectivity index (χ1v) is 10.3. The van der Waals surface area contributed by atoms with Gasteiger partial charge in [0.2, 0.25) is 0 Å². The Morgan fingerprint density at radius 3 is 2.23 bits per heavy atom. The maximum Gasteiger partial charge on any atom is 0.195 e. The van der Waals surface area contributed by atoms with E-state index in [0.717, 1.165) is 31.2 Å². The topological polar surface area (TPSA) is 47.0 Å². The number of nitrogens with zero attached hydrogens (tertiary/aromatic N) is 1. The second kappa shape index (κ2) is 7.68. The average Bonchev–Trinajstić information content (AvgIpc) is 2.77. The number of fused-ring (bicyclic) bond motifs is 1. The van der Waals surface area contributed by atoms with Crippen LogP contribution in [0.2, 0.25) is 0 Å². The zero-order chi connectivity index (χ0) is 20.5. The largest absolute Gasteiger partial charge is 0.289 e. The van der Waals surface area contributed by atoms with Crippen molar-refractivity contribution in [3.05, 3.63) is 118 Å². The molecule has 0 saturated heterocycles. The molecule has 0 spiro atoms. The Kier molecular flexibility index (Phi) is 4.72. The lowest BCUT2D eigenvalue weighted by atomic mass is 9.89. The van der Waals surface area contributed by atoms with Gasteiger partial charge in [0.1, 0.15) is 0 Å². The standard InChI is InChI=1S/C27H21NO2/c29-26-16-23(27(30)25-17-28-14-13-24(25)26)12-11-22-15-20-6-5-18-1-3-19(4-2-18)7-9-21(22)10-8-20/h1-4,8,10-17H,5-7,9H2/b12-11+. The number of ketones is 2. The Morgan fingerprint density at radius 2 is 1.43 bits per heavy atom. The number of carbonyl (C=O) groups excluding carboxylic acids is 2. The molecule has 0 atom stereocenters. The third kappa shape index (κ3) is 3.55. The van der Waals surface area contributed by atoms with Crippen molar-refractivity contribution in [3.8, 4) is 0 Å². The minimum Gasteiger partial charge on any atom is -0.289 e. The van der Waals surface area contributed by atoms with Crippen LogP contribution in [0.25, 0.3) is 6.08 Å². The summed E-state index contributed by atoms with van der Waals surface area (Å²) in [5.74, 6) is -0.300. The third-order valence-electron chi connectivity index (χ3n) is 5.94. The number of aromatic nitrogens is 1. The average molecular weight is 391 g/mol. The zero-order valence-electron chi connectivity index (χ0n) is 16.6. The number of benzene rings is 2. The summed E-state index contributed by atoms with van der Waals surface area (Å²) in [5, 5.41) is 0. The van der Waals surface area contributed by atoms with Crippen molar-refractivity contribution >= 4 is 17.6 Å². The molecule has 3 nitrogen and oxygen atoms in total. The predicted octanol–water partition coefficient (Wildman–Crippen LogP) is 4.98. The van der Waals surface area contributed by atoms with Gasteiger partial charge in [0, 0.05) is 23.5 Å². The lowest BCUT2D eigenvalue weighted by Crippen LogP contribution is -2.16. The van der Waals surface area contributed by atoms with Gasteiger partial charge in [0.15, 0.2) is 11.6 Å². The van der Waals surface area contributed by atoms with Gasteiger partial charge < -0.3 is 0 Å². The Morgan fingerprint density at radius 1 is 0.733 bits per heavy atom. The molecule has 0 radical (unpaired) electrons. The lowest BCUT2D eigenvalue weighted by molar-refractivity contribution is 0.0987. The van der Waals surface area contributed by atoms with Crippen LogP contribution >= 0.6 is 0 Å². The number of carbonyl (C=O) groups is 2. The number of rotatable bonds is 2. The van der Waals surface area contributed by atoms with Crippen LogP contribution in [0.5, 0.6) is 0 Å². The summed E-state index contributed by atoms with van der Waals surface area (Å²) in [4.78, 5) is 29.2. The molecule has 0 fully saturated rings. The summed E-state index contributed by atoms with van der Waals surface area (Å²) >= 11 is 0. The van der Waals surface area contributed by atoms with Crippen LogP contribution in [0, 0.1) is 0 Å². The molecule has 1 aromatic heterocycles. The molecule has 4 bridgehead atoms. The number of Topliss-reactive ketones (excluding diaryl/α,β-unsaturated/α-hetero) is 1. The molecular weight excluding hydrogens is 370 g/mol. The number of allylic oxidation sites excluding steroid dienone is 3. The number of aryl methyl sites for hydroxylation is 4. The number of pyridine rings is 1. The van der Waals surface area contributed by atoms with Crippen molar-refractivity contribution in [1.29, 1.82) is 0 Å². The highest BCUT2D eigenvalue weighted by Crippen LogP contribution is 2.24. The fourth-order valence-corrected chi connectivity index (χ4v) is 4.16. The summed E-state index contributed by atoms with van der Waals surface area (Å²) in [6.45, 7) is 0. The van der Waals surface area contributed by atoms with Crippen LogP contribution in [0.15, 0.2) is 78.6 Å². The van der Waals surface area contributed by atoms with Gasteiger partial charge in [-0.1, -0.05) is 54.6 Å². The second-order valence-electron chi connectivity index (χ2n) is 7.90. The molecule has 146 valence electrons. The highest BCUT2D eigenvalue weighted by atomic mass is 16.1. The van der Waals surface area contributed by atoms with Crippen molar-refractivity contribution in [2.75, 3.05) is 0 Å². The van der Waals surface area contributed by atoms with Crippen molar-refractivity contribution < 1.29 is 9.59 Å². The molecule has 3 aromatic rings. The number of hydrogen-bond acceptors (Lipinski definition) is 3. The van der Waals surface area contributed by atoms with Gasteiger partial charge in [-0.2, -0.15) is 0 Å². The zero-order valence-corrected chi connectivity index (χ0v) is 16.6. The first-order chi connectivity index (χ1) is 14.7. The van der Waals surface area contributed by atoms with Crippen LogP contribution < -0.4 is 0 Å². The Labute approximate surface area is 175 Å². The molecule has 0 saturated carbocycles. The second-order valence-corrected chi connectivity index (χ2v) is 7.90. The summed E-state index contributed by atoms with van der Waals surface area (Å²) < 4.78 is 0. The quantitative estimate of drug-likeness (QED) is 0.619. The minimum absolute atomic E-state index is 0.147. The van der Waals surface area contributed by atoms with E-state index in [1.807, 2.05) is 6.08 Å². The Balaban J connectivity index is 1.47. The van der Waals surface area contributed by atoms with Gasteiger partial charge in [0.05, 0.1) is 5.56 Å². The fraction of sp³-hybridized carbons (Fsp3) is 0.148. The Hall–Kier alpha value is -3.59. The van der Waals surface area contributed by atoms with Crippen LogP contribution in [0.4, 0.5) is 0 Å². The number of hydrogen-bond donors (Lipinski definition) is 0. The molecule has 8 rings (SSSR count). The SMILES string of the molecule is O=C1C=C(/C=C/c2cc3ccc2CCc2ccc(cc2)CC3)C(=O)c2cnccc21. The molecular formula is C27H21NO2. The van der Waals surface area contributed by atoms with E-state index in [9.17, 15) is 9.59 Å². The van der Waals surface area contributed by atoms with E-state index in [0.29, 0.717) is 16.7 Å². The van der Waals surface area contributed by atoms with Gasteiger partial charge in [-0.25, -0.2) is 0 Å². The van der Waals surface area contributed by atoms with Gasteiger partial charge >= 0.3 is 0 Å². The third-order valence-corrected chi connectivity index (χ3v) is 5.94. The van der Waals surface area contributed by atoms with Gasteiger partial charge in [-0.05, 0) is 65.6 Å². The van der Waals surface area contributed by atoms with Crippen LogP contribution in [-0.2, 0) is 25.7 Å². The van der Waals surface area contributed by atoms with Crippen molar-refractivity contribution in [3.63, 3.8) is 0 Å². The molecule has 1 heterocycles. The Bertz CT molecular complexity index is 1220. The summed E-state index contributed by atoms with van der Waals surface area (Å²) in [5.41, 5.74) is 7.53. The highest BCUT2D eigenvalue weighted by molar-refractivity contribution is 6.25. The van der Waals surface area contributed by atoms with E-state index >= 15 is 0 Å². The highest BCUT2D eigenvalue weighted by Gasteiger charge is 2.24. The summed E-state index contributed by atoms with van der Waals surface area (Å²) in [6, 6.07) is 17.1. The molecule has 5 aliphatic rings. The lowest BCUT2D eigenvalue weighted by Gasteiger charge is -2.14. The van der Waals surface area contributed by atoms with E-state index in [1.165, 1.54) is 34.5 Å². The van der Waals surface area contributed by atoms with E-state index in [1.54, 1.807) is 18.3 Å². The van der Waals surface area contributed by atoms with Crippen molar-refractivity contribution in [1.82, 2.24) is 4.98 Å². The van der Waals surface area contributed by atoms with Crippen LogP contribution in [-0.4, -0.2) is 16.6 Å². The molecule has 0 amide bonds. The van der Waals surface area contributed by atoms with Gasteiger partial charge in [0.25, 0.3) is 0 Å². The van der Waals surface area contributed by atoms with Crippen LogP contribution in [0.3, 0.4) is 0 Å². The van der Waals surface area contributed by atoms with Gasteiger partial charge in [-0.15, -0.1) is 0 Å². The molecule has 0 aliphatic heterocycles. The first kappa shape index (κ1) is 18.4.